The van der Waals surface area contributed by atoms with E-state index >= 15 is 0 Å². The number of ether oxygens (including phenoxy) is 3. The third-order valence-electron chi connectivity index (χ3n) is 8.09. The summed E-state index contributed by atoms with van der Waals surface area (Å²) in [7, 11) is 1.59. The summed E-state index contributed by atoms with van der Waals surface area (Å²) >= 11 is 1.28. The lowest BCUT2D eigenvalue weighted by molar-refractivity contribution is -0.139. The fourth-order valence-electron chi connectivity index (χ4n) is 5.59. The second kappa shape index (κ2) is 14.3. The highest BCUT2D eigenvalue weighted by atomic mass is 32.1. The number of carbonyl (C=O) groups is 1. The minimum absolute atomic E-state index is 0.203. The molecule has 9 nitrogen and oxygen atoms in total. The van der Waals surface area contributed by atoms with Gasteiger partial charge in [0.05, 0.1) is 47.9 Å². The van der Waals surface area contributed by atoms with Gasteiger partial charge < -0.3 is 14.2 Å². The van der Waals surface area contributed by atoms with Crippen LogP contribution < -0.4 is 24.4 Å². The maximum atomic E-state index is 14.3. The zero-order chi connectivity index (χ0) is 33.8. The molecule has 2 aromatic heterocycles. The highest BCUT2D eigenvalue weighted by Crippen LogP contribution is 2.32. The molecule has 0 fully saturated rings. The molecule has 3 aromatic carbocycles. The smallest absolute Gasteiger partial charge is 0.338 e. The average Bonchev–Trinajstić information content (AvgIpc) is 3.65. The number of hydrogen-bond acceptors (Lipinski definition) is 8. The fraction of sp³-hybridized carbons (Fsp3) is 0.263. The third-order valence-corrected chi connectivity index (χ3v) is 9.07. The molecule has 246 valence electrons. The average molecular weight is 663 g/mol. The molecular weight excluding hydrogens is 625 g/mol. The van der Waals surface area contributed by atoms with Crippen LogP contribution in [0.2, 0.25) is 0 Å². The Balaban J connectivity index is 1.47. The molecule has 1 atom stereocenters. The second-order valence-corrected chi connectivity index (χ2v) is 12.9. The number of esters is 1. The number of para-hydroxylation sites is 1. The van der Waals surface area contributed by atoms with Gasteiger partial charge in [0.15, 0.2) is 4.80 Å². The second-order valence-electron chi connectivity index (χ2n) is 11.8. The Labute approximate surface area is 283 Å². The molecule has 0 radical (unpaired) electrons. The van der Waals surface area contributed by atoms with Crippen molar-refractivity contribution in [1.82, 2.24) is 14.3 Å². The van der Waals surface area contributed by atoms with E-state index in [1.165, 1.54) is 11.3 Å². The monoisotopic (exact) mass is 662 g/mol. The Morgan fingerprint density at radius 3 is 2.38 bits per heavy atom. The summed E-state index contributed by atoms with van der Waals surface area (Å²) in [4.78, 5) is 32.8. The van der Waals surface area contributed by atoms with E-state index in [1.54, 1.807) is 25.5 Å². The highest BCUT2D eigenvalue weighted by molar-refractivity contribution is 7.07. The molecule has 5 aromatic rings. The topological polar surface area (TPSA) is 96.9 Å². The molecule has 0 aliphatic carbocycles. The maximum absolute atomic E-state index is 14.3. The van der Waals surface area contributed by atoms with Crippen molar-refractivity contribution < 1.29 is 19.0 Å². The molecule has 48 heavy (non-hydrogen) atoms. The number of methoxy groups -OCH3 is 1. The number of aromatic nitrogens is 3. The quantitative estimate of drug-likeness (QED) is 0.159. The van der Waals surface area contributed by atoms with Crippen LogP contribution in [0.25, 0.3) is 23.0 Å². The molecule has 3 heterocycles. The van der Waals surface area contributed by atoms with E-state index in [2.05, 4.69) is 13.8 Å². The van der Waals surface area contributed by atoms with Gasteiger partial charge >= 0.3 is 5.97 Å². The van der Waals surface area contributed by atoms with Crippen LogP contribution in [0.5, 0.6) is 11.5 Å². The van der Waals surface area contributed by atoms with Gasteiger partial charge in [-0.15, -0.1) is 0 Å². The van der Waals surface area contributed by atoms with Gasteiger partial charge in [-0.05, 0) is 86.4 Å². The molecule has 1 aliphatic rings. The molecule has 0 spiro atoms. The molecular formula is C38H38N4O5S. The predicted octanol–water partition coefficient (Wildman–Crippen LogP) is 6.08. The van der Waals surface area contributed by atoms with Gasteiger partial charge in [0.2, 0.25) is 0 Å². The van der Waals surface area contributed by atoms with Crippen LogP contribution in [0.1, 0.15) is 51.3 Å². The summed E-state index contributed by atoms with van der Waals surface area (Å²) in [5.74, 6) is 1.52. The van der Waals surface area contributed by atoms with Gasteiger partial charge in [-0.3, -0.25) is 9.36 Å². The molecule has 1 aliphatic heterocycles. The van der Waals surface area contributed by atoms with E-state index in [9.17, 15) is 9.59 Å². The molecule has 6 rings (SSSR count). The molecule has 0 amide bonds. The van der Waals surface area contributed by atoms with E-state index in [-0.39, 0.29) is 12.2 Å². The number of nitrogens with zero attached hydrogens (tertiary/aromatic N) is 4. The van der Waals surface area contributed by atoms with Crippen molar-refractivity contribution in [1.29, 1.82) is 0 Å². The van der Waals surface area contributed by atoms with E-state index in [0.29, 0.717) is 44.6 Å². The molecule has 0 N–H and O–H groups in total. The van der Waals surface area contributed by atoms with Crippen LogP contribution >= 0.6 is 11.3 Å². The van der Waals surface area contributed by atoms with Crippen LogP contribution in [-0.4, -0.2) is 40.6 Å². The van der Waals surface area contributed by atoms with E-state index in [1.807, 2.05) is 95.8 Å². The summed E-state index contributed by atoms with van der Waals surface area (Å²) in [6, 6.07) is 24.3. The number of fused-ring (bicyclic) bond motifs is 1. The van der Waals surface area contributed by atoms with Crippen LogP contribution in [0.3, 0.4) is 0 Å². The van der Waals surface area contributed by atoms with Gasteiger partial charge in [0, 0.05) is 17.3 Å². The summed E-state index contributed by atoms with van der Waals surface area (Å²) < 4.78 is 20.6. The van der Waals surface area contributed by atoms with Crippen LogP contribution in [0, 0.1) is 5.92 Å². The molecule has 0 bridgehead atoms. The van der Waals surface area contributed by atoms with E-state index in [4.69, 9.17) is 24.3 Å². The zero-order valence-electron chi connectivity index (χ0n) is 27.7. The van der Waals surface area contributed by atoms with Crippen molar-refractivity contribution >= 4 is 23.4 Å². The summed E-state index contributed by atoms with van der Waals surface area (Å²) in [6.07, 6.45) is 4.75. The zero-order valence-corrected chi connectivity index (χ0v) is 28.5. The molecule has 0 saturated carbocycles. The highest BCUT2D eigenvalue weighted by Gasteiger charge is 2.33. The molecule has 0 saturated heterocycles. The van der Waals surface area contributed by atoms with Gasteiger partial charge in [0.1, 0.15) is 17.2 Å². The molecule has 0 unspecified atom stereocenters. The normalized spacial score (nSPS) is 14.5. The first-order valence-corrected chi connectivity index (χ1v) is 16.8. The van der Waals surface area contributed by atoms with Crippen molar-refractivity contribution in [3.63, 3.8) is 0 Å². The van der Waals surface area contributed by atoms with Crippen molar-refractivity contribution in [2.24, 2.45) is 10.9 Å². The van der Waals surface area contributed by atoms with Crippen molar-refractivity contribution in [3.05, 3.63) is 127 Å². The Morgan fingerprint density at radius 2 is 1.71 bits per heavy atom. The largest absolute Gasteiger partial charge is 0.497 e. The Kier molecular flexibility index (Phi) is 9.72. The standard InChI is InChI=1S/C38H38N4O5S/c1-6-46-37(44)33-25(4)39-38-42(35(33)27-14-16-30(45-5)17-15-27)36(43)32(48-38)22-28-23-41(29-10-8-7-9-11-29)40-34(28)26-12-18-31(19-13-26)47-21-20-24(2)3/h7-19,22-24,35H,6,20-21H2,1-5H3/b32-22-/t35-/m0/s1. The number of thiazole rings is 1. The minimum Gasteiger partial charge on any atom is -0.497 e. The summed E-state index contributed by atoms with van der Waals surface area (Å²) in [5.41, 5.74) is 4.58. The van der Waals surface area contributed by atoms with Gasteiger partial charge in [0.25, 0.3) is 5.56 Å². The number of rotatable bonds is 11. The first kappa shape index (κ1) is 32.7. The van der Waals surface area contributed by atoms with Gasteiger partial charge in [-0.2, -0.15) is 5.10 Å². The van der Waals surface area contributed by atoms with Gasteiger partial charge in [-0.25, -0.2) is 14.5 Å². The lowest BCUT2D eigenvalue weighted by Gasteiger charge is -2.24. The van der Waals surface area contributed by atoms with Crippen molar-refractivity contribution in [2.75, 3.05) is 20.3 Å². The van der Waals surface area contributed by atoms with Crippen LogP contribution in [0.4, 0.5) is 0 Å². The summed E-state index contributed by atoms with van der Waals surface area (Å²) in [5, 5.41) is 4.96. The number of hydrogen-bond donors (Lipinski definition) is 0. The third kappa shape index (κ3) is 6.75. The Morgan fingerprint density at radius 1 is 1.00 bits per heavy atom. The lowest BCUT2D eigenvalue weighted by Crippen LogP contribution is -2.39. The fourth-order valence-corrected chi connectivity index (χ4v) is 6.62. The SMILES string of the molecule is CCOC(=O)C1=C(C)N=c2s/c(=C\c3cn(-c4ccccc4)nc3-c3ccc(OCCC(C)C)cc3)c(=O)n2[C@H]1c1ccc(OC)cc1. The van der Waals surface area contributed by atoms with E-state index < -0.39 is 12.0 Å². The van der Waals surface area contributed by atoms with Crippen molar-refractivity contribution in [3.8, 4) is 28.4 Å². The Bertz CT molecular complexity index is 2130. The molecule has 10 heteroatoms. The number of carbonyl (C=O) groups excluding carboxylic acids is 1. The van der Waals surface area contributed by atoms with Gasteiger partial charge in [-0.1, -0.05) is 55.5 Å². The lowest BCUT2D eigenvalue weighted by atomic mass is 9.96. The first-order chi connectivity index (χ1) is 23.3. The maximum Gasteiger partial charge on any atom is 0.338 e. The van der Waals surface area contributed by atoms with E-state index in [0.717, 1.165) is 34.5 Å². The number of allylic oxidation sites excluding steroid dienone is 1. The van der Waals surface area contributed by atoms with Crippen LogP contribution in [0.15, 0.2) is 106 Å². The number of benzene rings is 3. The van der Waals surface area contributed by atoms with Crippen LogP contribution in [-0.2, 0) is 9.53 Å². The van der Waals surface area contributed by atoms with Crippen molar-refractivity contribution in [2.45, 2.75) is 40.2 Å². The predicted molar refractivity (Wildman–Crippen MR) is 187 cm³/mol. The summed E-state index contributed by atoms with van der Waals surface area (Å²) in [6.45, 7) is 8.74. The Hall–Kier alpha value is -5.22. The first-order valence-electron chi connectivity index (χ1n) is 16.0. The minimum atomic E-state index is -0.719.